The van der Waals surface area contributed by atoms with Gasteiger partial charge >= 0.3 is 0 Å². The summed E-state index contributed by atoms with van der Waals surface area (Å²) in [4.78, 5) is 13.8. The minimum absolute atomic E-state index is 0.101. The molecule has 1 aromatic carbocycles. The molecule has 1 aliphatic heterocycles. The second-order valence-electron chi connectivity index (χ2n) is 4.65. The Bertz CT molecular complexity index is 433. The van der Waals surface area contributed by atoms with Crippen LogP contribution < -0.4 is 5.32 Å². The Morgan fingerprint density at radius 1 is 1.47 bits per heavy atom. The topological polar surface area (TPSA) is 41.6 Å². The van der Waals surface area contributed by atoms with E-state index in [0.29, 0.717) is 37.9 Å². The van der Waals surface area contributed by atoms with Crippen LogP contribution in [0.1, 0.15) is 18.5 Å². The summed E-state index contributed by atoms with van der Waals surface area (Å²) in [6.45, 7) is 5.01. The van der Waals surface area contributed by atoms with Crippen LogP contribution in [0.25, 0.3) is 0 Å². The fourth-order valence-corrected chi connectivity index (χ4v) is 2.26. The largest absolute Gasteiger partial charge is 0.378 e. The molecule has 1 heterocycles. The number of morpholine rings is 1. The van der Waals surface area contributed by atoms with Gasteiger partial charge in [-0.1, -0.05) is 23.7 Å². The van der Waals surface area contributed by atoms with Crippen LogP contribution in [0.15, 0.2) is 24.3 Å². The monoisotopic (exact) mass is 282 g/mol. The molecule has 1 atom stereocenters. The third-order valence-corrected chi connectivity index (χ3v) is 3.51. The molecule has 19 heavy (non-hydrogen) atoms. The smallest absolute Gasteiger partial charge is 0.236 e. The molecule has 1 N–H and O–H groups in total. The SMILES string of the molecule is C[C@@H](NCC(=O)N1CCOCC1)c1cccc(Cl)c1. The van der Waals surface area contributed by atoms with Gasteiger partial charge in [-0.05, 0) is 24.6 Å². The number of nitrogens with zero attached hydrogens (tertiary/aromatic N) is 1. The normalized spacial score (nSPS) is 17.3. The maximum absolute atomic E-state index is 12.0. The predicted molar refractivity (Wildman–Crippen MR) is 75.3 cm³/mol. The molecule has 1 amide bonds. The first-order valence-electron chi connectivity index (χ1n) is 6.51. The van der Waals surface area contributed by atoms with Crippen molar-refractivity contribution < 1.29 is 9.53 Å². The Morgan fingerprint density at radius 3 is 2.89 bits per heavy atom. The lowest BCUT2D eigenvalue weighted by Gasteiger charge is -2.27. The van der Waals surface area contributed by atoms with E-state index in [0.717, 1.165) is 5.56 Å². The number of hydrogen-bond acceptors (Lipinski definition) is 3. The zero-order chi connectivity index (χ0) is 13.7. The average molecular weight is 283 g/mol. The molecule has 104 valence electrons. The number of rotatable bonds is 4. The van der Waals surface area contributed by atoms with E-state index in [1.807, 2.05) is 36.1 Å². The molecule has 0 aliphatic carbocycles. The van der Waals surface area contributed by atoms with Gasteiger partial charge in [-0.2, -0.15) is 0 Å². The molecule has 0 spiro atoms. The van der Waals surface area contributed by atoms with Crippen molar-refractivity contribution in [2.45, 2.75) is 13.0 Å². The Balaban J connectivity index is 1.82. The van der Waals surface area contributed by atoms with Crippen LogP contribution in [0, 0.1) is 0 Å². The summed E-state index contributed by atoms with van der Waals surface area (Å²) in [6, 6.07) is 7.78. The fraction of sp³-hybridized carbons (Fsp3) is 0.500. The van der Waals surface area contributed by atoms with Gasteiger partial charge in [0.15, 0.2) is 0 Å². The molecule has 0 aromatic heterocycles. The lowest BCUT2D eigenvalue weighted by atomic mass is 10.1. The number of ether oxygens (including phenoxy) is 1. The summed E-state index contributed by atoms with van der Waals surface area (Å²) in [5.41, 5.74) is 1.09. The van der Waals surface area contributed by atoms with Crippen molar-refractivity contribution in [2.75, 3.05) is 32.8 Å². The minimum atomic E-state index is 0.101. The van der Waals surface area contributed by atoms with Crippen LogP contribution in [0.2, 0.25) is 5.02 Å². The molecule has 0 saturated carbocycles. The van der Waals surface area contributed by atoms with E-state index in [-0.39, 0.29) is 11.9 Å². The highest BCUT2D eigenvalue weighted by molar-refractivity contribution is 6.30. The van der Waals surface area contributed by atoms with Gasteiger partial charge in [-0.15, -0.1) is 0 Å². The van der Waals surface area contributed by atoms with E-state index in [2.05, 4.69) is 5.32 Å². The van der Waals surface area contributed by atoms with Crippen molar-refractivity contribution in [3.8, 4) is 0 Å². The molecule has 0 bridgehead atoms. The Labute approximate surface area is 118 Å². The van der Waals surface area contributed by atoms with Gasteiger partial charge in [0, 0.05) is 24.2 Å². The number of benzene rings is 1. The molecular weight excluding hydrogens is 264 g/mol. The summed E-state index contributed by atoms with van der Waals surface area (Å²) in [5.74, 6) is 0.122. The van der Waals surface area contributed by atoms with Crippen LogP contribution in [0.5, 0.6) is 0 Å². The first kappa shape index (κ1) is 14.3. The second-order valence-corrected chi connectivity index (χ2v) is 5.09. The number of nitrogens with one attached hydrogen (secondary N) is 1. The van der Waals surface area contributed by atoms with Crippen molar-refractivity contribution in [1.29, 1.82) is 0 Å². The molecule has 1 aromatic rings. The first-order chi connectivity index (χ1) is 9.16. The van der Waals surface area contributed by atoms with E-state index in [4.69, 9.17) is 16.3 Å². The Hall–Kier alpha value is -1.10. The Kier molecular flexibility index (Phi) is 5.19. The van der Waals surface area contributed by atoms with Gasteiger partial charge in [-0.25, -0.2) is 0 Å². The lowest BCUT2D eigenvalue weighted by molar-refractivity contribution is -0.134. The summed E-state index contributed by atoms with van der Waals surface area (Å²) in [5, 5.41) is 3.95. The molecule has 1 aliphatic rings. The van der Waals surface area contributed by atoms with E-state index in [1.165, 1.54) is 0 Å². The maximum Gasteiger partial charge on any atom is 0.236 e. The number of halogens is 1. The van der Waals surface area contributed by atoms with Gasteiger partial charge in [-0.3, -0.25) is 4.79 Å². The lowest BCUT2D eigenvalue weighted by Crippen LogP contribution is -2.45. The molecular formula is C14H19ClN2O2. The molecule has 1 saturated heterocycles. The number of carbonyl (C=O) groups is 1. The van der Waals surface area contributed by atoms with Gasteiger partial charge in [0.05, 0.1) is 19.8 Å². The highest BCUT2D eigenvalue weighted by Crippen LogP contribution is 2.17. The number of amides is 1. The second kappa shape index (κ2) is 6.89. The molecule has 0 unspecified atom stereocenters. The predicted octanol–water partition coefficient (Wildman–Crippen LogP) is 1.85. The van der Waals surface area contributed by atoms with Crippen molar-refractivity contribution in [3.63, 3.8) is 0 Å². The van der Waals surface area contributed by atoms with Crippen molar-refractivity contribution in [2.24, 2.45) is 0 Å². The van der Waals surface area contributed by atoms with Crippen LogP contribution in [0.3, 0.4) is 0 Å². The van der Waals surface area contributed by atoms with Crippen molar-refractivity contribution in [3.05, 3.63) is 34.9 Å². The quantitative estimate of drug-likeness (QED) is 0.916. The summed E-state index contributed by atoms with van der Waals surface area (Å²) in [6.07, 6.45) is 0. The number of carbonyl (C=O) groups excluding carboxylic acids is 1. The average Bonchev–Trinajstić information content (AvgIpc) is 2.45. The summed E-state index contributed by atoms with van der Waals surface area (Å²) in [7, 11) is 0. The maximum atomic E-state index is 12.0. The zero-order valence-corrected chi connectivity index (χ0v) is 11.8. The molecule has 1 fully saturated rings. The Morgan fingerprint density at radius 2 is 2.21 bits per heavy atom. The van der Waals surface area contributed by atoms with Crippen LogP contribution in [-0.4, -0.2) is 43.7 Å². The van der Waals surface area contributed by atoms with Crippen LogP contribution in [0.4, 0.5) is 0 Å². The third-order valence-electron chi connectivity index (χ3n) is 3.27. The standard InChI is InChI=1S/C14H19ClN2O2/c1-11(12-3-2-4-13(15)9-12)16-10-14(18)17-5-7-19-8-6-17/h2-4,9,11,16H,5-8,10H2,1H3/t11-/m1/s1. The molecule has 2 rings (SSSR count). The number of hydrogen-bond donors (Lipinski definition) is 1. The van der Waals surface area contributed by atoms with Crippen molar-refractivity contribution >= 4 is 17.5 Å². The summed E-state index contributed by atoms with van der Waals surface area (Å²) < 4.78 is 5.23. The highest BCUT2D eigenvalue weighted by Gasteiger charge is 2.17. The molecule has 4 nitrogen and oxygen atoms in total. The highest BCUT2D eigenvalue weighted by atomic mass is 35.5. The summed E-state index contributed by atoms with van der Waals surface area (Å²) >= 11 is 5.96. The van der Waals surface area contributed by atoms with E-state index in [9.17, 15) is 4.79 Å². The van der Waals surface area contributed by atoms with Gasteiger partial charge < -0.3 is 15.0 Å². The third kappa shape index (κ3) is 4.20. The first-order valence-corrected chi connectivity index (χ1v) is 6.89. The molecule has 0 radical (unpaired) electrons. The van der Waals surface area contributed by atoms with Gasteiger partial charge in [0.1, 0.15) is 0 Å². The van der Waals surface area contributed by atoms with Crippen LogP contribution in [-0.2, 0) is 9.53 Å². The minimum Gasteiger partial charge on any atom is -0.378 e. The van der Waals surface area contributed by atoms with Gasteiger partial charge in [0.2, 0.25) is 5.91 Å². The fourth-order valence-electron chi connectivity index (χ4n) is 2.06. The van der Waals surface area contributed by atoms with E-state index >= 15 is 0 Å². The van der Waals surface area contributed by atoms with Crippen molar-refractivity contribution in [1.82, 2.24) is 10.2 Å². The van der Waals surface area contributed by atoms with Gasteiger partial charge in [0.25, 0.3) is 0 Å². The zero-order valence-electron chi connectivity index (χ0n) is 11.1. The van der Waals surface area contributed by atoms with E-state index < -0.39 is 0 Å². The molecule has 5 heteroatoms. The van der Waals surface area contributed by atoms with Crippen LogP contribution >= 0.6 is 11.6 Å². The van der Waals surface area contributed by atoms with E-state index in [1.54, 1.807) is 0 Å².